The lowest BCUT2D eigenvalue weighted by Gasteiger charge is -2.09. The van der Waals surface area contributed by atoms with Crippen LogP contribution in [-0.4, -0.2) is 21.9 Å². The highest BCUT2D eigenvalue weighted by Gasteiger charge is 2.11. The van der Waals surface area contributed by atoms with E-state index in [4.69, 9.17) is 28.2 Å². The summed E-state index contributed by atoms with van der Waals surface area (Å²) in [6.07, 6.45) is 2.05. The lowest BCUT2D eigenvalue weighted by atomic mass is 9.98. The van der Waals surface area contributed by atoms with Crippen molar-refractivity contribution >= 4 is 51.6 Å². The molecule has 1 amide bonds. The average Bonchev–Trinajstić information content (AvgIpc) is 3.15. The number of hydrogen-bond donors (Lipinski definition) is 2. The van der Waals surface area contributed by atoms with E-state index in [0.717, 1.165) is 28.8 Å². The first-order chi connectivity index (χ1) is 14.0. The van der Waals surface area contributed by atoms with E-state index in [2.05, 4.69) is 41.6 Å². The van der Waals surface area contributed by atoms with Gasteiger partial charge in [0.05, 0.1) is 0 Å². The number of halogens is 1. The molecule has 1 aromatic heterocycles. The fourth-order valence-electron chi connectivity index (χ4n) is 2.89. The highest BCUT2D eigenvalue weighted by molar-refractivity contribution is 7.80. The Labute approximate surface area is 180 Å². The molecule has 0 bridgehead atoms. The average molecular weight is 430 g/mol. The van der Waals surface area contributed by atoms with E-state index in [1.165, 1.54) is 5.56 Å². The zero-order valence-electron chi connectivity index (χ0n) is 16.5. The Bertz CT molecular complexity index is 1000. The first-order valence-electron chi connectivity index (χ1n) is 9.68. The third-order valence-electron chi connectivity index (χ3n) is 4.77. The molecule has 152 valence electrons. The normalized spacial score (nSPS) is 12.0. The van der Waals surface area contributed by atoms with Gasteiger partial charge in [-0.05, 0) is 72.9 Å². The van der Waals surface area contributed by atoms with Gasteiger partial charge < -0.3 is 15.1 Å². The summed E-state index contributed by atoms with van der Waals surface area (Å²) in [6, 6.07) is 13.7. The molecule has 5 nitrogen and oxygen atoms in total. The van der Waals surface area contributed by atoms with Crippen molar-refractivity contribution in [3.63, 3.8) is 0 Å². The van der Waals surface area contributed by atoms with E-state index in [-0.39, 0.29) is 11.0 Å². The fourth-order valence-corrected chi connectivity index (χ4v) is 3.25. The van der Waals surface area contributed by atoms with E-state index in [0.29, 0.717) is 30.5 Å². The van der Waals surface area contributed by atoms with E-state index >= 15 is 0 Å². The number of oxazole rings is 1. The number of nitrogens with one attached hydrogen (secondary N) is 2. The standard InChI is InChI=1S/C22H24ClN3O2S/c1-3-14(2)16-8-11-19-18(13-16)25-21(28-19)15-6-9-17(10-7-15)24-22(29)26-20(27)5-4-12-23/h6-11,13-14H,3-5,12H2,1-2H3,(H2,24,26,27,29)/t14-/m0/s1. The molecule has 0 aliphatic carbocycles. The van der Waals surface area contributed by atoms with Gasteiger partial charge in [-0.15, -0.1) is 11.6 Å². The molecule has 2 N–H and O–H groups in total. The van der Waals surface area contributed by atoms with Crippen LogP contribution in [0.4, 0.5) is 5.69 Å². The summed E-state index contributed by atoms with van der Waals surface area (Å²) >= 11 is 10.8. The summed E-state index contributed by atoms with van der Waals surface area (Å²) in [7, 11) is 0. The zero-order chi connectivity index (χ0) is 20.8. The van der Waals surface area contributed by atoms with Crippen molar-refractivity contribution in [3.05, 3.63) is 48.0 Å². The molecule has 7 heteroatoms. The molecule has 0 fully saturated rings. The third kappa shape index (κ3) is 5.55. The second-order valence-corrected chi connectivity index (χ2v) is 7.71. The van der Waals surface area contributed by atoms with E-state index in [1.807, 2.05) is 30.3 Å². The van der Waals surface area contributed by atoms with Crippen LogP contribution in [0.25, 0.3) is 22.6 Å². The smallest absolute Gasteiger partial charge is 0.227 e. The summed E-state index contributed by atoms with van der Waals surface area (Å²) in [5.74, 6) is 1.36. The second kappa shape index (κ2) is 9.85. The molecule has 2 aromatic carbocycles. The molecule has 1 heterocycles. The van der Waals surface area contributed by atoms with E-state index in [1.54, 1.807) is 0 Å². The molecular weight excluding hydrogens is 406 g/mol. The number of carbonyl (C=O) groups is 1. The Hall–Kier alpha value is -2.44. The minimum absolute atomic E-state index is 0.150. The Balaban J connectivity index is 1.68. The SMILES string of the molecule is CC[C@H](C)c1ccc2oc(-c3ccc(NC(=S)NC(=O)CCCCl)cc3)nc2c1. The van der Waals surface area contributed by atoms with E-state index < -0.39 is 0 Å². The maximum Gasteiger partial charge on any atom is 0.227 e. The molecule has 29 heavy (non-hydrogen) atoms. The topological polar surface area (TPSA) is 67.2 Å². The van der Waals surface area contributed by atoms with Gasteiger partial charge in [0.1, 0.15) is 5.52 Å². The van der Waals surface area contributed by atoms with Gasteiger partial charge in [0.2, 0.25) is 11.8 Å². The monoisotopic (exact) mass is 429 g/mol. The van der Waals surface area contributed by atoms with Gasteiger partial charge in [-0.2, -0.15) is 0 Å². The molecule has 0 unspecified atom stereocenters. The number of aromatic nitrogens is 1. The van der Waals surface area contributed by atoms with Crippen molar-refractivity contribution in [1.29, 1.82) is 0 Å². The molecule has 0 aliphatic heterocycles. The lowest BCUT2D eigenvalue weighted by Crippen LogP contribution is -2.33. The minimum Gasteiger partial charge on any atom is -0.436 e. The third-order valence-corrected chi connectivity index (χ3v) is 5.24. The van der Waals surface area contributed by atoms with Crippen LogP contribution in [0.1, 0.15) is 44.6 Å². The number of hydrogen-bond acceptors (Lipinski definition) is 4. The Kier molecular flexibility index (Phi) is 7.23. The van der Waals surface area contributed by atoms with Crippen LogP contribution in [0, 0.1) is 0 Å². The van der Waals surface area contributed by atoms with Gasteiger partial charge in [-0.3, -0.25) is 4.79 Å². The van der Waals surface area contributed by atoms with Crippen LogP contribution in [0.15, 0.2) is 46.9 Å². The molecule has 0 radical (unpaired) electrons. The first-order valence-corrected chi connectivity index (χ1v) is 10.6. The van der Waals surface area contributed by atoms with Crippen LogP contribution >= 0.6 is 23.8 Å². The number of anilines is 1. The van der Waals surface area contributed by atoms with Gasteiger partial charge in [-0.1, -0.05) is 19.9 Å². The number of carbonyl (C=O) groups excluding carboxylic acids is 1. The number of rotatable bonds is 7. The largest absolute Gasteiger partial charge is 0.436 e. The Morgan fingerprint density at radius 2 is 2.00 bits per heavy atom. The van der Waals surface area contributed by atoms with Gasteiger partial charge in [0.15, 0.2) is 10.7 Å². The maximum atomic E-state index is 11.7. The quantitative estimate of drug-likeness (QED) is 0.364. The molecule has 1 atom stereocenters. The highest BCUT2D eigenvalue weighted by Crippen LogP contribution is 2.28. The van der Waals surface area contributed by atoms with Gasteiger partial charge in [0, 0.05) is 23.6 Å². The molecule has 0 saturated carbocycles. The van der Waals surface area contributed by atoms with Gasteiger partial charge in [-0.25, -0.2) is 4.98 Å². The van der Waals surface area contributed by atoms with Crippen molar-refractivity contribution in [1.82, 2.24) is 10.3 Å². The summed E-state index contributed by atoms with van der Waals surface area (Å²) in [6.45, 7) is 4.38. The summed E-state index contributed by atoms with van der Waals surface area (Å²) in [5, 5.41) is 5.90. The summed E-state index contributed by atoms with van der Waals surface area (Å²) in [5.41, 5.74) is 4.54. The fraction of sp³-hybridized carbons (Fsp3) is 0.318. The Morgan fingerprint density at radius 1 is 1.24 bits per heavy atom. The van der Waals surface area contributed by atoms with Gasteiger partial charge >= 0.3 is 0 Å². The van der Waals surface area contributed by atoms with Crippen molar-refractivity contribution in [2.24, 2.45) is 0 Å². The second-order valence-electron chi connectivity index (χ2n) is 6.93. The number of alkyl halides is 1. The van der Waals surface area contributed by atoms with Crippen LogP contribution in [-0.2, 0) is 4.79 Å². The number of nitrogens with zero attached hydrogens (tertiary/aromatic N) is 1. The van der Waals surface area contributed by atoms with Crippen LogP contribution in [0.3, 0.4) is 0 Å². The molecule has 3 rings (SSSR count). The maximum absolute atomic E-state index is 11.7. The molecule has 3 aromatic rings. The van der Waals surface area contributed by atoms with Crippen molar-refractivity contribution in [2.45, 2.75) is 39.0 Å². The minimum atomic E-state index is -0.150. The van der Waals surface area contributed by atoms with Crippen molar-refractivity contribution < 1.29 is 9.21 Å². The van der Waals surface area contributed by atoms with Gasteiger partial charge in [0.25, 0.3) is 0 Å². The van der Waals surface area contributed by atoms with Crippen molar-refractivity contribution in [2.75, 3.05) is 11.2 Å². The summed E-state index contributed by atoms with van der Waals surface area (Å²) in [4.78, 5) is 16.3. The van der Waals surface area contributed by atoms with Crippen molar-refractivity contribution in [3.8, 4) is 11.5 Å². The molecule has 0 spiro atoms. The molecule has 0 aliphatic rings. The zero-order valence-corrected chi connectivity index (χ0v) is 18.1. The molecule has 0 saturated heterocycles. The number of thiocarbonyl (C=S) groups is 1. The highest BCUT2D eigenvalue weighted by atomic mass is 35.5. The van der Waals surface area contributed by atoms with Crippen LogP contribution in [0.5, 0.6) is 0 Å². The predicted octanol–water partition coefficient (Wildman–Crippen LogP) is 5.84. The number of benzene rings is 2. The number of amides is 1. The predicted molar refractivity (Wildman–Crippen MR) is 122 cm³/mol. The molecular formula is C22H24ClN3O2S. The van der Waals surface area contributed by atoms with Crippen LogP contribution in [0.2, 0.25) is 0 Å². The van der Waals surface area contributed by atoms with Crippen LogP contribution < -0.4 is 10.6 Å². The summed E-state index contributed by atoms with van der Waals surface area (Å²) < 4.78 is 5.91. The number of fused-ring (bicyclic) bond motifs is 1. The lowest BCUT2D eigenvalue weighted by molar-refractivity contribution is -0.119. The van der Waals surface area contributed by atoms with E-state index in [9.17, 15) is 4.79 Å². The Morgan fingerprint density at radius 3 is 2.69 bits per heavy atom. The first kappa shape index (κ1) is 21.3.